The van der Waals surface area contributed by atoms with Crippen molar-refractivity contribution in [3.05, 3.63) is 88.7 Å². The minimum Gasteiger partial charge on any atom is -0.489 e. The second kappa shape index (κ2) is 7.37. The third-order valence-corrected chi connectivity index (χ3v) is 4.32. The predicted molar refractivity (Wildman–Crippen MR) is 104 cm³/mol. The number of aryl methyl sites for hydroxylation is 1. The second-order valence-electron chi connectivity index (χ2n) is 6.26. The predicted octanol–water partition coefficient (Wildman–Crippen LogP) is 3.72. The van der Waals surface area contributed by atoms with Gasteiger partial charge in [-0.3, -0.25) is 9.55 Å². The van der Waals surface area contributed by atoms with Crippen molar-refractivity contribution < 1.29 is 9.15 Å². The highest BCUT2D eigenvalue weighted by Crippen LogP contribution is 2.20. The highest BCUT2D eigenvalue weighted by Gasteiger charge is 2.06. The number of aromatic nitrogens is 2. The fourth-order valence-corrected chi connectivity index (χ4v) is 2.84. The topological polar surface area (TPSA) is 69.3 Å². The molecule has 1 N–H and O–H groups in total. The number of nitrogens with one attached hydrogen (secondary N) is 1. The van der Waals surface area contributed by atoms with E-state index in [2.05, 4.69) is 10.3 Å². The van der Waals surface area contributed by atoms with E-state index in [1.807, 2.05) is 54.6 Å². The summed E-state index contributed by atoms with van der Waals surface area (Å²) in [6, 6.07) is 17.5. The van der Waals surface area contributed by atoms with Crippen LogP contribution in [0.25, 0.3) is 11.1 Å². The lowest BCUT2D eigenvalue weighted by Crippen LogP contribution is -2.08. The summed E-state index contributed by atoms with van der Waals surface area (Å²) >= 11 is 0. The largest absolute Gasteiger partial charge is 0.489 e. The van der Waals surface area contributed by atoms with Gasteiger partial charge in [-0.05, 0) is 35.9 Å². The molecule has 6 nitrogen and oxygen atoms in total. The Balaban J connectivity index is 1.41. The Kier molecular flexibility index (Phi) is 4.61. The normalized spacial score (nSPS) is 10.9. The summed E-state index contributed by atoms with van der Waals surface area (Å²) in [7, 11) is 1.69. The summed E-state index contributed by atoms with van der Waals surface area (Å²) in [6.45, 7) is 1.11. The third-order valence-electron chi connectivity index (χ3n) is 4.32. The van der Waals surface area contributed by atoms with Crippen LogP contribution in [0.1, 0.15) is 11.1 Å². The van der Waals surface area contributed by atoms with Crippen LogP contribution in [0.4, 0.5) is 5.69 Å². The summed E-state index contributed by atoms with van der Waals surface area (Å²) in [5, 5.41) is 3.35. The van der Waals surface area contributed by atoms with E-state index in [4.69, 9.17) is 9.15 Å². The first-order valence-corrected chi connectivity index (χ1v) is 8.63. The van der Waals surface area contributed by atoms with Gasteiger partial charge in [-0.15, -0.1) is 0 Å². The number of oxazole rings is 1. The number of rotatable bonds is 6. The molecule has 0 aliphatic carbocycles. The zero-order chi connectivity index (χ0) is 18.6. The molecule has 0 bridgehead atoms. The molecule has 0 radical (unpaired) electrons. The van der Waals surface area contributed by atoms with E-state index in [1.165, 1.54) is 4.57 Å². The van der Waals surface area contributed by atoms with Crippen molar-refractivity contribution in [2.75, 3.05) is 5.32 Å². The lowest BCUT2D eigenvalue weighted by Gasteiger charge is -2.10. The van der Waals surface area contributed by atoms with Crippen LogP contribution in [-0.2, 0) is 20.2 Å². The molecular formula is C21H19N3O3. The van der Waals surface area contributed by atoms with Crippen molar-refractivity contribution in [1.82, 2.24) is 9.55 Å². The molecule has 0 amide bonds. The van der Waals surface area contributed by atoms with Crippen molar-refractivity contribution >= 4 is 16.8 Å². The van der Waals surface area contributed by atoms with E-state index < -0.39 is 0 Å². The van der Waals surface area contributed by atoms with Gasteiger partial charge >= 0.3 is 5.76 Å². The van der Waals surface area contributed by atoms with Gasteiger partial charge in [-0.1, -0.05) is 18.2 Å². The fraction of sp³-hybridized carbons (Fsp3) is 0.143. The molecule has 0 aliphatic rings. The van der Waals surface area contributed by atoms with Gasteiger partial charge in [-0.25, -0.2) is 4.79 Å². The number of hydrogen-bond acceptors (Lipinski definition) is 5. The van der Waals surface area contributed by atoms with E-state index in [1.54, 1.807) is 19.4 Å². The molecule has 136 valence electrons. The van der Waals surface area contributed by atoms with E-state index in [0.29, 0.717) is 18.7 Å². The molecule has 4 rings (SSSR count). The highest BCUT2D eigenvalue weighted by atomic mass is 16.5. The molecule has 27 heavy (non-hydrogen) atoms. The Labute approximate surface area is 156 Å². The summed E-state index contributed by atoms with van der Waals surface area (Å²) in [5.41, 5.74) is 4.35. The molecule has 0 saturated carbocycles. The molecule has 0 saturated heterocycles. The number of anilines is 1. The summed E-state index contributed by atoms with van der Waals surface area (Å²) < 4.78 is 12.6. The summed E-state index contributed by atoms with van der Waals surface area (Å²) in [5.74, 6) is 0.447. The number of benzene rings is 2. The molecule has 0 atom stereocenters. The SMILES string of the molecule is Cn1c(=O)oc2cc(NCc3cccc(OCc4cccnc4)c3)ccc21. The molecular weight excluding hydrogens is 342 g/mol. The van der Waals surface area contributed by atoms with Gasteiger partial charge < -0.3 is 14.5 Å². The first kappa shape index (κ1) is 16.9. The van der Waals surface area contributed by atoms with Crippen LogP contribution in [0.3, 0.4) is 0 Å². The van der Waals surface area contributed by atoms with E-state index in [-0.39, 0.29) is 5.76 Å². The van der Waals surface area contributed by atoms with Crippen molar-refractivity contribution in [3.63, 3.8) is 0 Å². The molecule has 6 heteroatoms. The third kappa shape index (κ3) is 3.84. The van der Waals surface area contributed by atoms with Crippen molar-refractivity contribution in [3.8, 4) is 5.75 Å². The molecule has 0 unspecified atom stereocenters. The molecule has 4 aromatic rings. The zero-order valence-electron chi connectivity index (χ0n) is 14.9. The van der Waals surface area contributed by atoms with Gasteiger partial charge in [0.25, 0.3) is 0 Å². The van der Waals surface area contributed by atoms with E-state index >= 15 is 0 Å². The number of ether oxygens (including phenoxy) is 1. The van der Waals surface area contributed by atoms with Crippen LogP contribution in [0.2, 0.25) is 0 Å². The van der Waals surface area contributed by atoms with Crippen molar-refractivity contribution in [2.45, 2.75) is 13.2 Å². The van der Waals surface area contributed by atoms with E-state index in [9.17, 15) is 4.79 Å². The smallest absolute Gasteiger partial charge is 0.419 e. The van der Waals surface area contributed by atoms with Gasteiger partial charge in [0.1, 0.15) is 12.4 Å². The van der Waals surface area contributed by atoms with Gasteiger partial charge in [0, 0.05) is 43.3 Å². The number of pyridine rings is 1. The fourth-order valence-electron chi connectivity index (χ4n) is 2.84. The van der Waals surface area contributed by atoms with Crippen LogP contribution in [0.5, 0.6) is 5.75 Å². The first-order chi connectivity index (χ1) is 13.2. The van der Waals surface area contributed by atoms with Crippen LogP contribution in [-0.4, -0.2) is 9.55 Å². The lowest BCUT2D eigenvalue weighted by molar-refractivity contribution is 0.305. The zero-order valence-corrected chi connectivity index (χ0v) is 14.9. The maximum absolute atomic E-state index is 11.6. The quantitative estimate of drug-likeness (QED) is 0.567. The molecule has 2 aromatic carbocycles. The Morgan fingerprint density at radius 3 is 2.85 bits per heavy atom. The minimum absolute atomic E-state index is 0.361. The molecule has 2 heterocycles. The maximum Gasteiger partial charge on any atom is 0.419 e. The average Bonchev–Trinajstić information content (AvgIpc) is 2.99. The average molecular weight is 361 g/mol. The summed E-state index contributed by atoms with van der Waals surface area (Å²) in [6.07, 6.45) is 3.54. The van der Waals surface area contributed by atoms with Gasteiger partial charge in [-0.2, -0.15) is 0 Å². The van der Waals surface area contributed by atoms with E-state index in [0.717, 1.165) is 28.1 Å². The Bertz CT molecular complexity index is 1120. The standard InChI is InChI=1S/C21H19N3O3/c1-24-19-8-7-17(11-20(19)27-21(24)25)23-13-15-4-2-6-18(10-15)26-14-16-5-3-9-22-12-16/h2-12,23H,13-14H2,1H3. The number of fused-ring (bicyclic) bond motifs is 1. The van der Waals surface area contributed by atoms with Crippen LogP contribution >= 0.6 is 0 Å². The van der Waals surface area contributed by atoms with Gasteiger partial charge in [0.05, 0.1) is 5.52 Å². The van der Waals surface area contributed by atoms with Crippen LogP contribution in [0, 0.1) is 0 Å². The Morgan fingerprint density at radius 2 is 2.00 bits per heavy atom. The number of nitrogens with zero attached hydrogens (tertiary/aromatic N) is 2. The monoisotopic (exact) mass is 361 g/mol. The Morgan fingerprint density at radius 1 is 1.11 bits per heavy atom. The molecule has 2 aromatic heterocycles. The van der Waals surface area contributed by atoms with Crippen LogP contribution < -0.4 is 15.8 Å². The lowest BCUT2D eigenvalue weighted by atomic mass is 10.2. The highest BCUT2D eigenvalue weighted by molar-refractivity contribution is 5.77. The first-order valence-electron chi connectivity index (χ1n) is 8.63. The minimum atomic E-state index is -0.361. The Hall–Kier alpha value is -3.54. The van der Waals surface area contributed by atoms with Crippen molar-refractivity contribution in [1.29, 1.82) is 0 Å². The molecule has 0 aliphatic heterocycles. The molecule has 0 fully saturated rings. The number of hydrogen-bond donors (Lipinski definition) is 1. The maximum atomic E-state index is 11.6. The van der Waals surface area contributed by atoms with Crippen LogP contribution in [0.15, 0.2) is 76.2 Å². The van der Waals surface area contributed by atoms with Crippen molar-refractivity contribution in [2.24, 2.45) is 7.05 Å². The second-order valence-corrected chi connectivity index (χ2v) is 6.26. The summed E-state index contributed by atoms with van der Waals surface area (Å²) in [4.78, 5) is 15.7. The molecule has 0 spiro atoms. The van der Waals surface area contributed by atoms with Gasteiger partial charge in [0.15, 0.2) is 5.58 Å². The van der Waals surface area contributed by atoms with Gasteiger partial charge in [0.2, 0.25) is 0 Å².